The third-order valence-corrected chi connectivity index (χ3v) is 1.67. The predicted octanol–water partition coefficient (Wildman–Crippen LogP) is 3.81. The molecule has 0 unspecified atom stereocenters. The number of hydrogen-bond donors (Lipinski definition) is 0. The monoisotopic (exact) mass is 148 g/mol. The standard InChI is InChI=1S/C7H15F.C2H6/c1-3-7(4-2)5-6-8;1-2/h7H,3-6H2,1-2H3;1-2H3. The average molecular weight is 148 g/mol. The molecule has 64 valence electrons. The Balaban J connectivity index is 0. The van der Waals surface area contributed by atoms with Crippen molar-refractivity contribution in [1.82, 2.24) is 0 Å². The molecular formula is C9H21F. The van der Waals surface area contributed by atoms with Gasteiger partial charge in [0, 0.05) is 0 Å². The highest BCUT2D eigenvalue weighted by atomic mass is 19.1. The van der Waals surface area contributed by atoms with Crippen LogP contribution < -0.4 is 0 Å². The van der Waals surface area contributed by atoms with Crippen LogP contribution in [0, 0.1) is 5.92 Å². The highest BCUT2D eigenvalue weighted by Gasteiger charge is 2.00. The van der Waals surface area contributed by atoms with E-state index >= 15 is 0 Å². The summed E-state index contributed by atoms with van der Waals surface area (Å²) < 4.78 is 11.6. The Morgan fingerprint density at radius 2 is 1.50 bits per heavy atom. The summed E-state index contributed by atoms with van der Waals surface area (Å²) in [7, 11) is 0. The lowest BCUT2D eigenvalue weighted by Gasteiger charge is -2.06. The van der Waals surface area contributed by atoms with Crippen molar-refractivity contribution in [2.24, 2.45) is 5.92 Å². The maximum atomic E-state index is 11.6. The zero-order chi connectivity index (χ0) is 8.41. The lowest BCUT2D eigenvalue weighted by molar-refractivity contribution is 0.371. The second-order valence-electron chi connectivity index (χ2n) is 2.16. The maximum Gasteiger partial charge on any atom is 0.0897 e. The summed E-state index contributed by atoms with van der Waals surface area (Å²) in [5.74, 6) is 0.625. The van der Waals surface area contributed by atoms with Crippen molar-refractivity contribution in [2.45, 2.75) is 47.0 Å². The lowest BCUT2D eigenvalue weighted by atomic mass is 10.0. The summed E-state index contributed by atoms with van der Waals surface area (Å²) in [5.41, 5.74) is 0. The first-order valence-electron chi connectivity index (χ1n) is 4.41. The molecule has 0 spiro atoms. The van der Waals surface area contributed by atoms with Crippen molar-refractivity contribution in [3.8, 4) is 0 Å². The Kier molecular flexibility index (Phi) is 14.7. The molecule has 0 bridgehead atoms. The number of rotatable bonds is 4. The van der Waals surface area contributed by atoms with Crippen molar-refractivity contribution < 1.29 is 4.39 Å². The number of alkyl halides is 1. The van der Waals surface area contributed by atoms with Crippen LogP contribution in [0.4, 0.5) is 4.39 Å². The van der Waals surface area contributed by atoms with E-state index in [0.717, 1.165) is 19.3 Å². The van der Waals surface area contributed by atoms with Gasteiger partial charge in [-0.1, -0.05) is 40.5 Å². The zero-order valence-corrected chi connectivity index (χ0v) is 7.78. The first kappa shape index (κ1) is 12.6. The molecule has 0 atom stereocenters. The van der Waals surface area contributed by atoms with Gasteiger partial charge in [0.25, 0.3) is 0 Å². The van der Waals surface area contributed by atoms with Gasteiger partial charge in [-0.2, -0.15) is 0 Å². The van der Waals surface area contributed by atoms with E-state index in [1.54, 1.807) is 0 Å². The molecule has 0 saturated carbocycles. The van der Waals surface area contributed by atoms with E-state index in [-0.39, 0.29) is 6.67 Å². The smallest absolute Gasteiger partial charge is 0.0897 e. The van der Waals surface area contributed by atoms with Gasteiger partial charge in [-0.05, 0) is 12.3 Å². The normalized spacial score (nSPS) is 9.00. The quantitative estimate of drug-likeness (QED) is 0.568. The van der Waals surface area contributed by atoms with Gasteiger partial charge in [0.15, 0.2) is 0 Å². The Bertz CT molecular complexity index is 40.0. The maximum absolute atomic E-state index is 11.6. The third kappa shape index (κ3) is 7.93. The van der Waals surface area contributed by atoms with Gasteiger partial charge in [-0.25, -0.2) is 0 Å². The molecule has 0 aliphatic rings. The summed E-state index contributed by atoms with van der Waals surface area (Å²) in [4.78, 5) is 0. The van der Waals surface area contributed by atoms with Crippen molar-refractivity contribution in [2.75, 3.05) is 6.67 Å². The molecule has 0 nitrogen and oxygen atoms in total. The fourth-order valence-electron chi connectivity index (χ4n) is 0.851. The molecule has 0 aliphatic carbocycles. The molecule has 1 heteroatoms. The van der Waals surface area contributed by atoms with Crippen LogP contribution in [0.1, 0.15) is 47.0 Å². The van der Waals surface area contributed by atoms with Crippen LogP contribution in [0.5, 0.6) is 0 Å². The molecule has 0 saturated heterocycles. The summed E-state index contributed by atoms with van der Waals surface area (Å²) in [6, 6.07) is 0. The SMILES string of the molecule is CC.CCC(CC)CCF. The molecular weight excluding hydrogens is 127 g/mol. The topological polar surface area (TPSA) is 0 Å². The molecule has 0 radical (unpaired) electrons. The fraction of sp³-hybridized carbons (Fsp3) is 1.00. The van der Waals surface area contributed by atoms with Crippen molar-refractivity contribution in [3.63, 3.8) is 0 Å². The zero-order valence-electron chi connectivity index (χ0n) is 7.78. The Morgan fingerprint density at radius 3 is 1.60 bits per heavy atom. The molecule has 0 heterocycles. The summed E-state index contributed by atoms with van der Waals surface area (Å²) in [6.45, 7) is 8.08. The van der Waals surface area contributed by atoms with Crippen molar-refractivity contribution >= 4 is 0 Å². The van der Waals surface area contributed by atoms with Crippen LogP contribution in [0.3, 0.4) is 0 Å². The van der Waals surface area contributed by atoms with Gasteiger partial charge < -0.3 is 0 Å². The molecule has 0 aromatic rings. The van der Waals surface area contributed by atoms with Gasteiger partial charge in [0.05, 0.1) is 6.67 Å². The van der Waals surface area contributed by atoms with Crippen LogP contribution in [0.2, 0.25) is 0 Å². The first-order valence-corrected chi connectivity index (χ1v) is 4.41. The summed E-state index contributed by atoms with van der Waals surface area (Å²) in [5, 5.41) is 0. The second kappa shape index (κ2) is 11.7. The second-order valence-corrected chi connectivity index (χ2v) is 2.16. The van der Waals surface area contributed by atoms with E-state index < -0.39 is 0 Å². The fourth-order valence-corrected chi connectivity index (χ4v) is 0.851. The van der Waals surface area contributed by atoms with E-state index in [4.69, 9.17) is 0 Å². The van der Waals surface area contributed by atoms with E-state index in [1.807, 2.05) is 13.8 Å². The van der Waals surface area contributed by atoms with Crippen LogP contribution in [-0.4, -0.2) is 6.67 Å². The van der Waals surface area contributed by atoms with Crippen molar-refractivity contribution in [1.29, 1.82) is 0 Å². The minimum absolute atomic E-state index is 0.146. The molecule has 0 aromatic carbocycles. The van der Waals surface area contributed by atoms with Crippen LogP contribution in [0.25, 0.3) is 0 Å². The van der Waals surface area contributed by atoms with Crippen LogP contribution in [0.15, 0.2) is 0 Å². The Hall–Kier alpha value is -0.0700. The van der Waals surface area contributed by atoms with Gasteiger partial charge in [-0.3, -0.25) is 4.39 Å². The predicted molar refractivity (Wildman–Crippen MR) is 46.0 cm³/mol. The van der Waals surface area contributed by atoms with Crippen LogP contribution >= 0.6 is 0 Å². The third-order valence-electron chi connectivity index (χ3n) is 1.67. The van der Waals surface area contributed by atoms with Crippen molar-refractivity contribution in [3.05, 3.63) is 0 Å². The molecule has 0 amide bonds. The van der Waals surface area contributed by atoms with Gasteiger partial charge in [-0.15, -0.1) is 0 Å². The van der Waals surface area contributed by atoms with E-state index in [2.05, 4.69) is 13.8 Å². The first-order chi connectivity index (χ1) is 4.85. The van der Waals surface area contributed by atoms with E-state index in [0.29, 0.717) is 5.92 Å². The number of hydrogen-bond acceptors (Lipinski definition) is 0. The lowest BCUT2D eigenvalue weighted by Crippen LogP contribution is -1.96. The Morgan fingerprint density at radius 1 is 1.10 bits per heavy atom. The molecule has 0 fully saturated rings. The number of halogens is 1. The molecule has 0 rings (SSSR count). The largest absolute Gasteiger partial charge is 0.251 e. The highest BCUT2D eigenvalue weighted by Crippen LogP contribution is 2.11. The minimum Gasteiger partial charge on any atom is -0.251 e. The minimum atomic E-state index is -0.146. The highest BCUT2D eigenvalue weighted by molar-refractivity contribution is 4.51. The van der Waals surface area contributed by atoms with Gasteiger partial charge >= 0.3 is 0 Å². The van der Waals surface area contributed by atoms with E-state index in [9.17, 15) is 4.39 Å². The average Bonchev–Trinajstić information content (AvgIpc) is 2.04. The molecule has 0 N–H and O–H groups in total. The summed E-state index contributed by atoms with van der Waals surface area (Å²) in [6.07, 6.45) is 3.01. The van der Waals surface area contributed by atoms with Crippen LogP contribution in [-0.2, 0) is 0 Å². The molecule has 0 aromatic heterocycles. The van der Waals surface area contributed by atoms with Gasteiger partial charge in [0.2, 0.25) is 0 Å². The summed E-state index contributed by atoms with van der Waals surface area (Å²) >= 11 is 0. The Labute approximate surface area is 64.8 Å². The molecule has 10 heavy (non-hydrogen) atoms. The van der Waals surface area contributed by atoms with E-state index in [1.165, 1.54) is 0 Å². The molecule has 0 aliphatic heterocycles. The van der Waals surface area contributed by atoms with Gasteiger partial charge in [0.1, 0.15) is 0 Å².